The van der Waals surface area contributed by atoms with Gasteiger partial charge in [-0.1, -0.05) is 13.8 Å². The van der Waals surface area contributed by atoms with Crippen LogP contribution in [0.5, 0.6) is 0 Å². The van der Waals surface area contributed by atoms with Crippen LogP contribution in [0.4, 0.5) is 10.1 Å². The molecule has 0 aliphatic heterocycles. The molecule has 0 aromatic heterocycles. The lowest BCUT2D eigenvalue weighted by molar-refractivity contribution is -0.387. The van der Waals surface area contributed by atoms with Gasteiger partial charge in [0.2, 0.25) is 5.82 Å². The molecule has 1 aromatic rings. The van der Waals surface area contributed by atoms with Crippen LogP contribution in [-0.4, -0.2) is 16.9 Å². The van der Waals surface area contributed by atoms with Gasteiger partial charge in [0, 0.05) is 17.7 Å². The molecule has 6 heteroatoms. The standard InChI is InChI=1S/C14H17FN2O3/c1-8-3-5-12(9(8)2)16-14(18)10-4-6-13(17(19)20)11(15)7-10/h4,6-9,12H,3,5H2,1-2H3,(H,16,18). The van der Waals surface area contributed by atoms with Gasteiger partial charge in [-0.25, -0.2) is 0 Å². The highest BCUT2D eigenvalue weighted by Gasteiger charge is 2.31. The summed E-state index contributed by atoms with van der Waals surface area (Å²) in [5.74, 6) is -0.448. The molecule has 0 bridgehead atoms. The summed E-state index contributed by atoms with van der Waals surface area (Å²) in [5.41, 5.74) is -0.510. The third kappa shape index (κ3) is 2.79. The zero-order chi connectivity index (χ0) is 14.9. The highest BCUT2D eigenvalue weighted by Crippen LogP contribution is 2.31. The number of hydrogen-bond acceptors (Lipinski definition) is 3. The fourth-order valence-electron chi connectivity index (χ4n) is 2.62. The van der Waals surface area contributed by atoms with Crippen molar-refractivity contribution in [3.8, 4) is 0 Å². The molecule has 1 aliphatic rings. The normalized spacial score (nSPS) is 25.4. The largest absolute Gasteiger partial charge is 0.349 e. The van der Waals surface area contributed by atoms with E-state index in [2.05, 4.69) is 19.2 Å². The molecule has 1 amide bonds. The average molecular weight is 280 g/mol. The molecule has 0 spiro atoms. The molecule has 0 saturated heterocycles. The van der Waals surface area contributed by atoms with Gasteiger partial charge in [0.15, 0.2) is 0 Å². The number of nitrogens with one attached hydrogen (secondary N) is 1. The van der Waals surface area contributed by atoms with Crippen molar-refractivity contribution in [2.45, 2.75) is 32.7 Å². The van der Waals surface area contributed by atoms with Crippen LogP contribution in [0.1, 0.15) is 37.0 Å². The second kappa shape index (κ2) is 5.56. The van der Waals surface area contributed by atoms with Crippen LogP contribution < -0.4 is 5.32 Å². The first kappa shape index (κ1) is 14.4. The molecule has 1 N–H and O–H groups in total. The van der Waals surface area contributed by atoms with Crippen LogP contribution in [0.15, 0.2) is 18.2 Å². The summed E-state index contributed by atoms with van der Waals surface area (Å²) in [5, 5.41) is 13.4. The number of benzene rings is 1. The predicted octanol–water partition coefficient (Wildman–Crippen LogP) is 2.90. The van der Waals surface area contributed by atoms with Gasteiger partial charge in [0.25, 0.3) is 5.91 Å². The molecule has 1 aliphatic carbocycles. The Kier molecular flexibility index (Phi) is 4.01. The molecular formula is C14H17FN2O3. The zero-order valence-corrected chi connectivity index (χ0v) is 11.4. The molecule has 2 rings (SSSR count). The predicted molar refractivity (Wildman–Crippen MR) is 71.9 cm³/mol. The first-order valence-electron chi connectivity index (χ1n) is 6.65. The van der Waals surface area contributed by atoms with Crippen molar-refractivity contribution in [2.24, 2.45) is 11.8 Å². The third-order valence-corrected chi connectivity index (χ3v) is 4.19. The van der Waals surface area contributed by atoms with E-state index in [1.165, 1.54) is 6.07 Å². The maximum absolute atomic E-state index is 13.5. The van der Waals surface area contributed by atoms with Crippen molar-refractivity contribution in [1.82, 2.24) is 5.32 Å². The Hall–Kier alpha value is -1.98. The van der Waals surface area contributed by atoms with Gasteiger partial charge in [0.05, 0.1) is 4.92 Å². The Morgan fingerprint density at radius 1 is 1.40 bits per heavy atom. The summed E-state index contributed by atoms with van der Waals surface area (Å²) in [4.78, 5) is 21.8. The van der Waals surface area contributed by atoms with Crippen molar-refractivity contribution in [3.63, 3.8) is 0 Å². The molecular weight excluding hydrogens is 263 g/mol. The Morgan fingerprint density at radius 2 is 2.10 bits per heavy atom. The molecule has 1 aromatic carbocycles. The van der Waals surface area contributed by atoms with Crippen LogP contribution in [0.2, 0.25) is 0 Å². The molecule has 1 saturated carbocycles. The number of carbonyl (C=O) groups excluding carboxylic acids is 1. The van der Waals surface area contributed by atoms with Gasteiger partial charge >= 0.3 is 5.69 Å². The van der Waals surface area contributed by atoms with Crippen LogP contribution in [0.25, 0.3) is 0 Å². The Morgan fingerprint density at radius 3 is 2.60 bits per heavy atom. The minimum Gasteiger partial charge on any atom is -0.349 e. The second-order valence-corrected chi connectivity index (χ2v) is 5.42. The van der Waals surface area contributed by atoms with E-state index in [9.17, 15) is 19.3 Å². The highest BCUT2D eigenvalue weighted by atomic mass is 19.1. The van der Waals surface area contributed by atoms with Crippen molar-refractivity contribution >= 4 is 11.6 Å². The highest BCUT2D eigenvalue weighted by molar-refractivity contribution is 5.94. The Balaban J connectivity index is 2.10. The van der Waals surface area contributed by atoms with Crippen LogP contribution in [-0.2, 0) is 0 Å². The number of halogens is 1. The van der Waals surface area contributed by atoms with Gasteiger partial charge < -0.3 is 5.32 Å². The molecule has 20 heavy (non-hydrogen) atoms. The monoisotopic (exact) mass is 280 g/mol. The quantitative estimate of drug-likeness (QED) is 0.683. The maximum atomic E-state index is 13.5. The number of carbonyl (C=O) groups is 1. The van der Waals surface area contributed by atoms with Gasteiger partial charge in [-0.05, 0) is 36.8 Å². The SMILES string of the molecule is CC1CCC(NC(=O)c2ccc([N+](=O)[O-])c(F)c2)C1C. The number of hydrogen-bond donors (Lipinski definition) is 1. The fraction of sp³-hybridized carbons (Fsp3) is 0.500. The number of nitro groups is 1. The van der Waals surface area contributed by atoms with E-state index >= 15 is 0 Å². The van der Waals surface area contributed by atoms with Crippen LogP contribution in [0, 0.1) is 27.8 Å². The van der Waals surface area contributed by atoms with Crippen LogP contribution >= 0.6 is 0 Å². The minimum absolute atomic E-state index is 0.0794. The summed E-state index contributed by atoms with van der Waals surface area (Å²) >= 11 is 0. The minimum atomic E-state index is -0.990. The maximum Gasteiger partial charge on any atom is 0.304 e. The van der Waals surface area contributed by atoms with E-state index in [1.54, 1.807) is 0 Å². The number of nitro benzene ring substituents is 1. The molecule has 108 valence electrons. The third-order valence-electron chi connectivity index (χ3n) is 4.19. The number of nitrogens with zero attached hydrogens (tertiary/aromatic N) is 1. The van der Waals surface area contributed by atoms with Gasteiger partial charge in [-0.2, -0.15) is 4.39 Å². The molecule has 3 atom stereocenters. The second-order valence-electron chi connectivity index (χ2n) is 5.42. The van der Waals surface area contributed by atoms with Crippen molar-refractivity contribution in [3.05, 3.63) is 39.7 Å². The average Bonchev–Trinajstić information content (AvgIpc) is 2.70. The lowest BCUT2D eigenvalue weighted by atomic mass is 9.97. The Labute approximate surface area is 116 Å². The van der Waals surface area contributed by atoms with Crippen LogP contribution in [0.3, 0.4) is 0 Å². The molecule has 0 heterocycles. The molecule has 3 unspecified atom stereocenters. The van der Waals surface area contributed by atoms with E-state index in [0.29, 0.717) is 11.8 Å². The lowest BCUT2D eigenvalue weighted by Crippen LogP contribution is -2.37. The summed E-state index contributed by atoms with van der Waals surface area (Å²) < 4.78 is 13.5. The molecule has 0 radical (unpaired) electrons. The number of rotatable bonds is 3. The van der Waals surface area contributed by atoms with Crippen molar-refractivity contribution in [1.29, 1.82) is 0 Å². The molecule has 1 fully saturated rings. The first-order valence-corrected chi connectivity index (χ1v) is 6.65. The van der Waals surface area contributed by atoms with E-state index in [0.717, 1.165) is 25.0 Å². The van der Waals surface area contributed by atoms with E-state index in [1.807, 2.05) is 0 Å². The summed E-state index contributed by atoms with van der Waals surface area (Å²) in [6, 6.07) is 3.29. The van der Waals surface area contributed by atoms with Crippen molar-refractivity contribution < 1.29 is 14.1 Å². The lowest BCUT2D eigenvalue weighted by Gasteiger charge is -2.19. The fourth-order valence-corrected chi connectivity index (χ4v) is 2.62. The summed E-state index contributed by atoms with van der Waals surface area (Å²) in [6.07, 6.45) is 1.96. The molecule has 5 nitrogen and oxygen atoms in total. The summed E-state index contributed by atoms with van der Waals surface area (Å²) in [7, 11) is 0. The number of amides is 1. The van der Waals surface area contributed by atoms with Gasteiger partial charge in [-0.15, -0.1) is 0 Å². The van der Waals surface area contributed by atoms with E-state index in [-0.39, 0.29) is 17.5 Å². The summed E-state index contributed by atoms with van der Waals surface area (Å²) in [6.45, 7) is 4.22. The Bertz CT molecular complexity index is 547. The topological polar surface area (TPSA) is 72.2 Å². The van der Waals surface area contributed by atoms with E-state index in [4.69, 9.17) is 0 Å². The smallest absolute Gasteiger partial charge is 0.304 e. The van der Waals surface area contributed by atoms with Gasteiger partial charge in [0.1, 0.15) is 0 Å². The van der Waals surface area contributed by atoms with E-state index < -0.39 is 16.4 Å². The van der Waals surface area contributed by atoms with Crippen molar-refractivity contribution in [2.75, 3.05) is 0 Å². The zero-order valence-electron chi connectivity index (χ0n) is 11.4. The van der Waals surface area contributed by atoms with Gasteiger partial charge in [-0.3, -0.25) is 14.9 Å². The first-order chi connectivity index (χ1) is 9.40.